The lowest BCUT2D eigenvalue weighted by Crippen LogP contribution is -2.36. The summed E-state index contributed by atoms with van der Waals surface area (Å²) in [4.78, 5) is 15.9. The average molecular weight is 266 g/mol. The molecule has 106 valence electrons. The maximum absolute atomic E-state index is 11.3. The minimum atomic E-state index is -0.399. The van der Waals surface area contributed by atoms with Gasteiger partial charge in [-0.1, -0.05) is 0 Å². The van der Waals surface area contributed by atoms with E-state index in [0.717, 1.165) is 12.3 Å². The molecule has 1 atom stereocenters. The highest BCUT2D eigenvalue weighted by Gasteiger charge is 2.22. The van der Waals surface area contributed by atoms with Crippen molar-refractivity contribution in [1.82, 2.24) is 15.2 Å². The molecule has 1 unspecified atom stereocenters. The van der Waals surface area contributed by atoms with Crippen LogP contribution in [0.15, 0.2) is 16.5 Å². The van der Waals surface area contributed by atoms with Crippen LogP contribution in [-0.4, -0.2) is 48.9 Å². The van der Waals surface area contributed by atoms with E-state index in [1.165, 1.54) is 19.4 Å². The molecule has 2 rings (SSSR count). The third kappa shape index (κ3) is 3.56. The topological polar surface area (TPSA) is 74.7 Å². The molecule has 1 aromatic rings. The Bertz CT molecular complexity index is 432. The van der Waals surface area contributed by atoms with Crippen molar-refractivity contribution in [1.29, 1.82) is 0 Å². The zero-order valence-electron chi connectivity index (χ0n) is 11.6. The Labute approximate surface area is 113 Å². The zero-order chi connectivity index (χ0) is 13.8. The van der Waals surface area contributed by atoms with Crippen LogP contribution in [0.3, 0.4) is 0 Å². The van der Waals surface area contributed by atoms with Gasteiger partial charge in [0, 0.05) is 12.6 Å². The number of hydrogen-bond donors (Lipinski definition) is 2. The van der Waals surface area contributed by atoms with Crippen molar-refractivity contribution < 1.29 is 9.21 Å². The van der Waals surface area contributed by atoms with E-state index in [0.29, 0.717) is 12.6 Å². The molecule has 1 saturated heterocycles. The second-order valence-corrected chi connectivity index (χ2v) is 5.21. The summed E-state index contributed by atoms with van der Waals surface area (Å²) in [6, 6.07) is 4.08. The van der Waals surface area contributed by atoms with Gasteiger partial charge >= 0.3 is 5.91 Å². The summed E-state index contributed by atoms with van der Waals surface area (Å²) < 4.78 is 5.45. The van der Waals surface area contributed by atoms with Crippen molar-refractivity contribution in [2.24, 2.45) is 5.84 Å². The van der Waals surface area contributed by atoms with E-state index < -0.39 is 5.91 Å². The standard InChI is InChI=1S/C13H22N4O2/c1-16(8-10-4-3-7-17(10)2)9-11-5-6-12(19-11)13(18)15-14/h5-6,10H,3-4,7-9,14H2,1-2H3,(H,15,18). The van der Waals surface area contributed by atoms with Crippen molar-refractivity contribution in [2.75, 3.05) is 27.2 Å². The first-order valence-corrected chi connectivity index (χ1v) is 6.58. The van der Waals surface area contributed by atoms with E-state index in [1.807, 2.05) is 6.07 Å². The average Bonchev–Trinajstić information content (AvgIpc) is 2.99. The normalized spacial score (nSPS) is 20.1. The molecule has 6 heteroatoms. The highest BCUT2D eigenvalue weighted by Crippen LogP contribution is 2.17. The Morgan fingerprint density at radius 2 is 2.42 bits per heavy atom. The second-order valence-electron chi connectivity index (χ2n) is 5.21. The number of nitrogen functional groups attached to an aromatic ring is 1. The summed E-state index contributed by atoms with van der Waals surface area (Å²) in [5.41, 5.74) is 2.06. The molecule has 0 spiro atoms. The lowest BCUT2D eigenvalue weighted by molar-refractivity contribution is 0.0922. The van der Waals surface area contributed by atoms with Gasteiger partial charge in [0.2, 0.25) is 0 Å². The van der Waals surface area contributed by atoms with Crippen LogP contribution in [0.5, 0.6) is 0 Å². The second kappa shape index (κ2) is 6.18. The van der Waals surface area contributed by atoms with Gasteiger partial charge in [-0.25, -0.2) is 5.84 Å². The van der Waals surface area contributed by atoms with E-state index in [9.17, 15) is 4.79 Å². The van der Waals surface area contributed by atoms with E-state index in [-0.39, 0.29) is 5.76 Å². The number of nitrogens with one attached hydrogen (secondary N) is 1. The number of nitrogens with zero attached hydrogens (tertiary/aromatic N) is 2. The summed E-state index contributed by atoms with van der Waals surface area (Å²) in [5, 5.41) is 0. The van der Waals surface area contributed by atoms with Gasteiger partial charge in [-0.15, -0.1) is 0 Å². The molecule has 0 aromatic carbocycles. The number of likely N-dealkylation sites (tertiary alicyclic amines) is 1. The molecule has 0 bridgehead atoms. The number of rotatable bonds is 5. The largest absolute Gasteiger partial charge is 0.455 e. The first kappa shape index (κ1) is 14.0. The number of carbonyl (C=O) groups excluding carboxylic acids is 1. The third-order valence-corrected chi connectivity index (χ3v) is 3.64. The van der Waals surface area contributed by atoms with Gasteiger partial charge in [-0.3, -0.25) is 15.1 Å². The van der Waals surface area contributed by atoms with Crippen LogP contribution in [0.2, 0.25) is 0 Å². The number of likely N-dealkylation sites (N-methyl/N-ethyl adjacent to an activating group) is 2. The number of carbonyl (C=O) groups is 1. The van der Waals surface area contributed by atoms with Crippen LogP contribution >= 0.6 is 0 Å². The molecule has 3 N–H and O–H groups in total. The Morgan fingerprint density at radius 3 is 3.05 bits per heavy atom. The van der Waals surface area contributed by atoms with Crippen LogP contribution in [0, 0.1) is 0 Å². The third-order valence-electron chi connectivity index (χ3n) is 3.64. The Morgan fingerprint density at radius 1 is 1.63 bits per heavy atom. The Kier molecular flexibility index (Phi) is 4.57. The minimum Gasteiger partial charge on any atom is -0.455 e. The quantitative estimate of drug-likeness (QED) is 0.459. The SMILES string of the molecule is CN(Cc1ccc(C(=O)NN)o1)CC1CCCN1C. The summed E-state index contributed by atoms with van der Waals surface area (Å²) in [5.74, 6) is 5.70. The van der Waals surface area contributed by atoms with Crippen molar-refractivity contribution in [3.8, 4) is 0 Å². The zero-order valence-corrected chi connectivity index (χ0v) is 11.6. The molecule has 1 aromatic heterocycles. The van der Waals surface area contributed by atoms with E-state index in [2.05, 4.69) is 29.3 Å². The van der Waals surface area contributed by atoms with Gasteiger partial charge in [-0.05, 0) is 45.6 Å². The highest BCUT2D eigenvalue weighted by molar-refractivity contribution is 5.90. The number of hydrogen-bond acceptors (Lipinski definition) is 5. The van der Waals surface area contributed by atoms with Crippen LogP contribution in [0.1, 0.15) is 29.2 Å². The molecule has 2 heterocycles. The maximum atomic E-state index is 11.3. The van der Waals surface area contributed by atoms with Gasteiger partial charge in [0.25, 0.3) is 0 Å². The molecule has 0 aliphatic carbocycles. The summed E-state index contributed by atoms with van der Waals surface area (Å²) >= 11 is 0. The predicted octanol–water partition coefficient (Wildman–Crippen LogP) is 0.409. The molecule has 0 saturated carbocycles. The van der Waals surface area contributed by atoms with Gasteiger partial charge in [-0.2, -0.15) is 0 Å². The van der Waals surface area contributed by atoms with Crippen molar-refractivity contribution >= 4 is 5.91 Å². The van der Waals surface area contributed by atoms with Gasteiger partial charge < -0.3 is 9.32 Å². The fourth-order valence-electron chi connectivity index (χ4n) is 2.56. The fraction of sp³-hybridized carbons (Fsp3) is 0.615. The Hall–Kier alpha value is -1.37. The fourth-order valence-corrected chi connectivity index (χ4v) is 2.56. The van der Waals surface area contributed by atoms with E-state index in [4.69, 9.17) is 10.3 Å². The van der Waals surface area contributed by atoms with Crippen molar-refractivity contribution in [3.63, 3.8) is 0 Å². The molecular weight excluding hydrogens is 244 g/mol. The van der Waals surface area contributed by atoms with E-state index >= 15 is 0 Å². The lowest BCUT2D eigenvalue weighted by atomic mass is 10.2. The molecular formula is C13H22N4O2. The summed E-state index contributed by atoms with van der Waals surface area (Å²) in [7, 11) is 4.24. The number of amides is 1. The molecule has 1 amide bonds. The summed E-state index contributed by atoms with van der Waals surface area (Å²) in [6.07, 6.45) is 2.52. The molecule has 1 aliphatic heterocycles. The minimum absolute atomic E-state index is 0.254. The number of furan rings is 1. The molecule has 1 fully saturated rings. The van der Waals surface area contributed by atoms with Crippen LogP contribution in [-0.2, 0) is 6.54 Å². The molecule has 0 radical (unpaired) electrons. The molecule has 6 nitrogen and oxygen atoms in total. The molecule has 1 aliphatic rings. The summed E-state index contributed by atoms with van der Waals surface area (Å²) in [6.45, 7) is 2.89. The first-order chi connectivity index (χ1) is 9.10. The number of nitrogens with two attached hydrogens (primary N) is 1. The van der Waals surface area contributed by atoms with Crippen LogP contribution in [0.25, 0.3) is 0 Å². The smallest absolute Gasteiger partial charge is 0.300 e. The van der Waals surface area contributed by atoms with E-state index in [1.54, 1.807) is 6.07 Å². The van der Waals surface area contributed by atoms with Crippen LogP contribution in [0.4, 0.5) is 0 Å². The van der Waals surface area contributed by atoms with Crippen LogP contribution < -0.4 is 11.3 Å². The maximum Gasteiger partial charge on any atom is 0.300 e. The monoisotopic (exact) mass is 266 g/mol. The predicted molar refractivity (Wildman–Crippen MR) is 72.3 cm³/mol. The Balaban J connectivity index is 1.86. The van der Waals surface area contributed by atoms with Gasteiger partial charge in [0.05, 0.1) is 6.54 Å². The van der Waals surface area contributed by atoms with Crippen molar-refractivity contribution in [3.05, 3.63) is 23.7 Å². The number of hydrazine groups is 1. The molecule has 19 heavy (non-hydrogen) atoms. The van der Waals surface area contributed by atoms with Gasteiger partial charge in [0.15, 0.2) is 5.76 Å². The lowest BCUT2D eigenvalue weighted by Gasteiger charge is -2.25. The highest BCUT2D eigenvalue weighted by atomic mass is 16.4. The van der Waals surface area contributed by atoms with Crippen molar-refractivity contribution in [2.45, 2.75) is 25.4 Å². The van der Waals surface area contributed by atoms with Gasteiger partial charge in [0.1, 0.15) is 5.76 Å². The first-order valence-electron chi connectivity index (χ1n) is 6.58.